The summed E-state index contributed by atoms with van der Waals surface area (Å²) in [6.07, 6.45) is 0.940. The number of ether oxygens (including phenoxy) is 1. The molecule has 5 heteroatoms. The molecular formula is C19H19NO4. The fraction of sp³-hybridized carbons (Fsp3) is 0.263. The summed E-state index contributed by atoms with van der Waals surface area (Å²) in [4.78, 5) is 23.4. The van der Waals surface area contributed by atoms with E-state index in [1.54, 1.807) is 24.3 Å². The molecule has 0 radical (unpaired) electrons. The second kappa shape index (κ2) is 6.35. The zero-order chi connectivity index (χ0) is 17.2. The van der Waals surface area contributed by atoms with Crippen LogP contribution < -0.4 is 10.1 Å². The molecule has 0 unspecified atom stereocenters. The number of hydrogen-bond acceptors (Lipinski definition) is 3. The van der Waals surface area contributed by atoms with Crippen molar-refractivity contribution >= 4 is 11.9 Å². The van der Waals surface area contributed by atoms with Crippen molar-refractivity contribution in [3.8, 4) is 5.75 Å². The maximum Gasteiger partial charge on any atom is 0.329 e. The van der Waals surface area contributed by atoms with Gasteiger partial charge in [0.15, 0.2) is 0 Å². The number of carbonyl (C=O) groups is 2. The van der Waals surface area contributed by atoms with E-state index in [2.05, 4.69) is 5.32 Å². The Morgan fingerprint density at radius 2 is 1.92 bits per heavy atom. The van der Waals surface area contributed by atoms with Gasteiger partial charge in [0.1, 0.15) is 17.9 Å². The minimum absolute atomic E-state index is 0.393. The lowest BCUT2D eigenvalue weighted by molar-refractivity contribution is -0.140. The summed E-state index contributed by atoms with van der Waals surface area (Å²) in [5.41, 5.74) is 1.51. The molecular weight excluding hydrogens is 306 g/mol. The van der Waals surface area contributed by atoms with E-state index in [9.17, 15) is 9.59 Å². The van der Waals surface area contributed by atoms with Crippen molar-refractivity contribution in [3.63, 3.8) is 0 Å². The van der Waals surface area contributed by atoms with E-state index < -0.39 is 17.4 Å². The lowest BCUT2D eigenvalue weighted by Crippen LogP contribution is -2.43. The number of aryl methyl sites for hydroxylation is 1. The van der Waals surface area contributed by atoms with Gasteiger partial charge in [-0.1, -0.05) is 35.9 Å². The van der Waals surface area contributed by atoms with Crippen LogP contribution >= 0.6 is 0 Å². The molecule has 0 atom stereocenters. The Bertz CT molecular complexity index is 780. The molecule has 1 amide bonds. The Balaban J connectivity index is 1.65. The van der Waals surface area contributed by atoms with Gasteiger partial charge in [-0.25, -0.2) is 4.79 Å². The van der Waals surface area contributed by atoms with Gasteiger partial charge in [0.2, 0.25) is 0 Å². The van der Waals surface area contributed by atoms with E-state index >= 15 is 0 Å². The Hall–Kier alpha value is -2.82. The van der Waals surface area contributed by atoms with Crippen molar-refractivity contribution in [1.29, 1.82) is 0 Å². The number of carboxylic acid groups (broad SMARTS) is 1. The molecule has 0 bridgehead atoms. The van der Waals surface area contributed by atoms with Crippen LogP contribution in [-0.2, 0) is 11.4 Å². The lowest BCUT2D eigenvalue weighted by Gasteiger charge is -2.13. The van der Waals surface area contributed by atoms with Crippen LogP contribution in [0, 0.1) is 6.92 Å². The average Bonchev–Trinajstić information content (AvgIpc) is 3.34. The van der Waals surface area contributed by atoms with Crippen molar-refractivity contribution in [2.45, 2.75) is 31.9 Å². The van der Waals surface area contributed by atoms with Gasteiger partial charge in [0, 0.05) is 5.56 Å². The maximum atomic E-state index is 12.2. The van der Waals surface area contributed by atoms with Crippen molar-refractivity contribution in [2.24, 2.45) is 0 Å². The predicted octanol–water partition coefficient (Wildman–Crippen LogP) is 2.92. The summed E-state index contributed by atoms with van der Waals surface area (Å²) < 4.78 is 5.73. The molecule has 0 heterocycles. The van der Waals surface area contributed by atoms with Gasteiger partial charge in [-0.15, -0.1) is 0 Å². The van der Waals surface area contributed by atoms with Gasteiger partial charge in [0.25, 0.3) is 5.91 Å². The van der Waals surface area contributed by atoms with Gasteiger partial charge in [-0.2, -0.15) is 0 Å². The largest absolute Gasteiger partial charge is 0.489 e. The molecule has 1 aliphatic carbocycles. The van der Waals surface area contributed by atoms with Gasteiger partial charge >= 0.3 is 5.97 Å². The summed E-state index contributed by atoms with van der Waals surface area (Å²) in [7, 11) is 0. The number of rotatable bonds is 6. The predicted molar refractivity (Wildman–Crippen MR) is 89.0 cm³/mol. The zero-order valence-corrected chi connectivity index (χ0v) is 13.4. The molecule has 5 nitrogen and oxygen atoms in total. The molecule has 0 aromatic heterocycles. The Morgan fingerprint density at radius 3 is 2.58 bits per heavy atom. The standard InChI is InChI=1S/C19H19NO4/c1-13-4-2-5-14(10-13)12-24-16-7-3-6-15(11-16)17(21)20-19(8-9-19)18(22)23/h2-7,10-11H,8-9,12H2,1H3,(H,20,21)(H,22,23). The highest BCUT2D eigenvalue weighted by molar-refractivity contribution is 5.99. The van der Waals surface area contributed by atoms with E-state index in [-0.39, 0.29) is 0 Å². The highest BCUT2D eigenvalue weighted by atomic mass is 16.5. The smallest absolute Gasteiger partial charge is 0.329 e. The first-order chi connectivity index (χ1) is 11.5. The maximum absolute atomic E-state index is 12.2. The van der Waals surface area contributed by atoms with Gasteiger partial charge in [-0.3, -0.25) is 4.79 Å². The van der Waals surface area contributed by atoms with Crippen LogP contribution in [0.2, 0.25) is 0 Å². The van der Waals surface area contributed by atoms with Crippen LogP contribution in [0.4, 0.5) is 0 Å². The first kappa shape index (κ1) is 16.1. The quantitative estimate of drug-likeness (QED) is 0.856. The van der Waals surface area contributed by atoms with Crippen molar-refractivity contribution in [1.82, 2.24) is 5.32 Å². The van der Waals surface area contributed by atoms with Crippen LogP contribution in [0.5, 0.6) is 5.75 Å². The Morgan fingerprint density at radius 1 is 1.17 bits per heavy atom. The van der Waals surface area contributed by atoms with Gasteiger partial charge in [0.05, 0.1) is 0 Å². The van der Waals surface area contributed by atoms with Gasteiger partial charge < -0.3 is 15.2 Å². The second-order valence-corrected chi connectivity index (χ2v) is 6.15. The molecule has 0 spiro atoms. The molecule has 0 saturated heterocycles. The van der Waals surface area contributed by atoms with Crippen molar-refractivity contribution in [3.05, 3.63) is 65.2 Å². The normalized spacial score (nSPS) is 14.7. The first-order valence-electron chi connectivity index (χ1n) is 7.83. The molecule has 0 aliphatic heterocycles. The number of aliphatic carboxylic acids is 1. The summed E-state index contributed by atoms with van der Waals surface area (Å²) >= 11 is 0. The Kier molecular flexibility index (Phi) is 4.25. The van der Waals surface area contributed by atoms with Crippen LogP contribution in [0.15, 0.2) is 48.5 Å². The third kappa shape index (κ3) is 3.56. The molecule has 2 aromatic carbocycles. The molecule has 2 N–H and O–H groups in total. The van der Waals surface area contributed by atoms with E-state index in [4.69, 9.17) is 9.84 Å². The van der Waals surface area contributed by atoms with Crippen LogP contribution in [0.3, 0.4) is 0 Å². The second-order valence-electron chi connectivity index (χ2n) is 6.15. The van der Waals surface area contributed by atoms with E-state index in [0.717, 1.165) is 11.1 Å². The molecule has 1 saturated carbocycles. The molecule has 124 valence electrons. The third-order valence-electron chi connectivity index (χ3n) is 4.10. The van der Waals surface area contributed by atoms with Crippen molar-refractivity contribution < 1.29 is 19.4 Å². The van der Waals surface area contributed by atoms with Crippen LogP contribution in [0.1, 0.15) is 34.3 Å². The SMILES string of the molecule is Cc1cccc(COc2cccc(C(=O)NC3(C(=O)O)CC3)c2)c1. The molecule has 1 fully saturated rings. The molecule has 2 aromatic rings. The molecule has 3 rings (SSSR count). The summed E-state index contributed by atoms with van der Waals surface area (Å²) in [5, 5.41) is 11.7. The van der Waals surface area contributed by atoms with E-state index in [0.29, 0.717) is 30.8 Å². The molecule has 24 heavy (non-hydrogen) atoms. The fourth-order valence-corrected chi connectivity index (χ4v) is 2.50. The van der Waals surface area contributed by atoms with Crippen LogP contribution in [0.25, 0.3) is 0 Å². The average molecular weight is 325 g/mol. The zero-order valence-electron chi connectivity index (χ0n) is 13.4. The first-order valence-corrected chi connectivity index (χ1v) is 7.83. The number of carbonyl (C=O) groups excluding carboxylic acids is 1. The summed E-state index contributed by atoms with van der Waals surface area (Å²) in [5.74, 6) is -0.803. The highest BCUT2D eigenvalue weighted by Gasteiger charge is 2.51. The van der Waals surface area contributed by atoms with Crippen molar-refractivity contribution in [2.75, 3.05) is 0 Å². The molecule has 1 aliphatic rings. The van der Waals surface area contributed by atoms with Crippen LogP contribution in [-0.4, -0.2) is 22.5 Å². The van der Waals surface area contributed by atoms with E-state index in [1.807, 2.05) is 31.2 Å². The number of nitrogens with one attached hydrogen (secondary N) is 1. The van der Waals surface area contributed by atoms with Gasteiger partial charge in [-0.05, 0) is 43.5 Å². The Labute approximate surface area is 140 Å². The fourth-order valence-electron chi connectivity index (χ4n) is 2.50. The highest BCUT2D eigenvalue weighted by Crippen LogP contribution is 2.35. The number of hydrogen-bond donors (Lipinski definition) is 2. The third-order valence-corrected chi connectivity index (χ3v) is 4.10. The monoisotopic (exact) mass is 325 g/mol. The number of amides is 1. The summed E-state index contributed by atoms with van der Waals surface area (Å²) in [6, 6.07) is 14.8. The summed E-state index contributed by atoms with van der Waals surface area (Å²) in [6.45, 7) is 2.43. The minimum atomic E-state index is -1.09. The topological polar surface area (TPSA) is 75.6 Å². The van der Waals surface area contributed by atoms with E-state index in [1.165, 1.54) is 0 Å². The number of benzene rings is 2. The minimum Gasteiger partial charge on any atom is -0.489 e. The lowest BCUT2D eigenvalue weighted by atomic mass is 10.1. The number of carboxylic acids is 1.